The van der Waals surface area contributed by atoms with Crippen molar-refractivity contribution in [3.63, 3.8) is 0 Å². The van der Waals surface area contributed by atoms with Gasteiger partial charge in [0.2, 0.25) is 0 Å². The highest BCUT2D eigenvalue weighted by molar-refractivity contribution is 9.10. The first-order valence-corrected chi connectivity index (χ1v) is 12.6. The molecule has 2 nitrogen and oxygen atoms in total. The Bertz CT molecular complexity index is 1470. The molecule has 0 fully saturated rings. The van der Waals surface area contributed by atoms with Gasteiger partial charge in [0.15, 0.2) is 0 Å². The number of H-pyrrole nitrogens is 1. The van der Waals surface area contributed by atoms with Gasteiger partial charge in [-0.3, -0.25) is 0 Å². The molecule has 6 rings (SSSR count). The Morgan fingerprint density at radius 3 is 2.27 bits per heavy atom. The minimum absolute atomic E-state index is 0.131. The van der Waals surface area contributed by atoms with Crippen molar-refractivity contribution in [1.29, 1.82) is 0 Å². The number of thioether (sulfide) groups is 1. The number of anilines is 1. The van der Waals surface area contributed by atoms with Crippen molar-refractivity contribution >= 4 is 50.0 Å². The van der Waals surface area contributed by atoms with Crippen LogP contribution in [0.3, 0.4) is 0 Å². The van der Waals surface area contributed by atoms with Gasteiger partial charge < -0.3 is 10.3 Å². The second-order valence-electron chi connectivity index (χ2n) is 8.07. The van der Waals surface area contributed by atoms with Gasteiger partial charge in [-0.2, -0.15) is 0 Å². The quantitative estimate of drug-likeness (QED) is 0.254. The van der Waals surface area contributed by atoms with E-state index in [0.717, 1.165) is 21.4 Å². The lowest BCUT2D eigenvalue weighted by molar-refractivity contribution is 1.24. The van der Waals surface area contributed by atoms with Crippen LogP contribution < -0.4 is 5.32 Å². The van der Waals surface area contributed by atoms with Gasteiger partial charge in [0.1, 0.15) is 0 Å². The van der Waals surface area contributed by atoms with E-state index in [4.69, 9.17) is 0 Å². The lowest BCUT2D eigenvalue weighted by atomic mass is 10.0. The third-order valence-electron chi connectivity index (χ3n) is 5.98. The van der Waals surface area contributed by atoms with E-state index in [9.17, 15) is 0 Å². The van der Waals surface area contributed by atoms with Crippen LogP contribution in [0.1, 0.15) is 16.4 Å². The first-order valence-electron chi connectivity index (χ1n) is 10.9. The Balaban J connectivity index is 1.59. The molecule has 5 aromatic rings. The number of aromatic amines is 1. The Morgan fingerprint density at radius 1 is 0.697 bits per heavy atom. The van der Waals surface area contributed by atoms with Crippen LogP contribution in [0.4, 0.5) is 5.69 Å². The molecule has 2 N–H and O–H groups in total. The van der Waals surface area contributed by atoms with Gasteiger partial charge >= 0.3 is 0 Å². The van der Waals surface area contributed by atoms with Gasteiger partial charge in [0, 0.05) is 31.5 Å². The summed E-state index contributed by atoms with van der Waals surface area (Å²) in [6, 6.07) is 36.3. The van der Waals surface area contributed by atoms with Gasteiger partial charge in [-0.15, -0.1) is 11.8 Å². The molecule has 0 bridgehead atoms. The molecule has 1 aromatic heterocycles. The number of nitrogens with one attached hydrogen (secondary N) is 2. The van der Waals surface area contributed by atoms with Crippen LogP contribution in [0.5, 0.6) is 0 Å². The van der Waals surface area contributed by atoms with Crippen molar-refractivity contribution in [3.8, 4) is 11.3 Å². The molecule has 1 aliphatic heterocycles. The summed E-state index contributed by atoms with van der Waals surface area (Å²) < 4.78 is 1.08. The number of hydrogen-bond acceptors (Lipinski definition) is 2. The zero-order valence-corrected chi connectivity index (χ0v) is 20.2. The highest BCUT2D eigenvalue weighted by atomic mass is 79.9. The maximum atomic E-state index is 3.72. The largest absolute Gasteiger partial charge is 0.354 e. The molecule has 1 atom stereocenters. The van der Waals surface area contributed by atoms with Gasteiger partial charge in [-0.05, 0) is 47.5 Å². The summed E-state index contributed by atoms with van der Waals surface area (Å²) in [5.41, 5.74) is 8.29. The molecule has 0 aliphatic carbocycles. The Hall–Kier alpha value is -3.21. The summed E-state index contributed by atoms with van der Waals surface area (Å²) >= 11 is 5.46. The van der Waals surface area contributed by atoms with E-state index in [0.29, 0.717) is 0 Å². The van der Waals surface area contributed by atoms with E-state index in [-0.39, 0.29) is 5.25 Å². The molecule has 2 heterocycles. The van der Waals surface area contributed by atoms with Gasteiger partial charge in [0.05, 0.1) is 16.6 Å². The van der Waals surface area contributed by atoms with Crippen molar-refractivity contribution in [3.05, 3.63) is 125 Å². The monoisotopic (exact) mass is 508 g/mol. The molecule has 0 saturated carbocycles. The van der Waals surface area contributed by atoms with Crippen molar-refractivity contribution in [2.24, 2.45) is 0 Å². The summed E-state index contributed by atoms with van der Waals surface area (Å²) in [4.78, 5) is 4.96. The van der Waals surface area contributed by atoms with E-state index < -0.39 is 0 Å². The van der Waals surface area contributed by atoms with E-state index in [2.05, 4.69) is 135 Å². The minimum atomic E-state index is 0.131. The van der Waals surface area contributed by atoms with Crippen molar-refractivity contribution < 1.29 is 0 Å². The first-order chi connectivity index (χ1) is 16.3. The zero-order valence-electron chi connectivity index (χ0n) is 17.8. The van der Waals surface area contributed by atoms with E-state index in [1.54, 1.807) is 0 Å². The number of hydrogen-bond donors (Lipinski definition) is 2. The SMILES string of the molecule is Brc1ccc(C2=CC(c3c(-c4ccccc4)[nH]c4ccccc34)Sc3ccccc3N2)cc1. The Morgan fingerprint density at radius 2 is 1.42 bits per heavy atom. The van der Waals surface area contributed by atoms with E-state index in [1.807, 2.05) is 11.8 Å². The number of para-hydroxylation sites is 2. The van der Waals surface area contributed by atoms with Crippen LogP contribution in [0, 0.1) is 0 Å². The molecule has 1 unspecified atom stereocenters. The molecule has 4 aromatic carbocycles. The Labute approximate surface area is 205 Å². The number of halogens is 1. The molecule has 0 radical (unpaired) electrons. The molecule has 0 spiro atoms. The number of fused-ring (bicyclic) bond motifs is 2. The number of rotatable bonds is 3. The molecule has 0 amide bonds. The van der Waals surface area contributed by atoms with Crippen LogP contribution in [-0.2, 0) is 0 Å². The maximum Gasteiger partial charge on any atom is 0.0575 e. The molecule has 4 heteroatoms. The van der Waals surface area contributed by atoms with Crippen LogP contribution in [-0.4, -0.2) is 4.98 Å². The van der Waals surface area contributed by atoms with E-state index in [1.165, 1.54) is 32.7 Å². The van der Waals surface area contributed by atoms with Crippen molar-refractivity contribution in [2.75, 3.05) is 5.32 Å². The summed E-state index contributed by atoms with van der Waals surface area (Å²) in [6.45, 7) is 0. The van der Waals surface area contributed by atoms with Crippen molar-refractivity contribution in [2.45, 2.75) is 10.1 Å². The smallest absolute Gasteiger partial charge is 0.0575 e. The second-order valence-corrected chi connectivity index (χ2v) is 10.2. The molecule has 33 heavy (non-hydrogen) atoms. The lowest BCUT2D eigenvalue weighted by Crippen LogP contribution is -1.99. The third kappa shape index (κ3) is 3.90. The summed E-state index contributed by atoms with van der Waals surface area (Å²) in [5.74, 6) is 0. The minimum Gasteiger partial charge on any atom is -0.354 e. The fourth-order valence-electron chi connectivity index (χ4n) is 4.41. The second kappa shape index (κ2) is 8.62. The normalized spacial score (nSPS) is 15.4. The average molecular weight is 509 g/mol. The summed E-state index contributed by atoms with van der Waals surface area (Å²) in [7, 11) is 0. The average Bonchev–Trinajstić information content (AvgIpc) is 3.14. The molecule has 0 saturated heterocycles. The van der Waals surface area contributed by atoms with Crippen LogP contribution in [0.2, 0.25) is 0 Å². The fraction of sp³-hybridized carbons (Fsp3) is 0.0345. The van der Waals surface area contributed by atoms with Crippen LogP contribution in [0.25, 0.3) is 27.9 Å². The predicted octanol–water partition coefficient (Wildman–Crippen LogP) is 8.90. The highest BCUT2D eigenvalue weighted by Crippen LogP contribution is 2.49. The highest BCUT2D eigenvalue weighted by Gasteiger charge is 2.25. The standard InChI is InChI=1S/C29H21BrN2S/c30-21-16-14-19(15-17-21)25-18-27(33-26-13-7-6-12-24(26)31-25)28-22-10-4-5-11-23(22)32-29(28)20-8-2-1-3-9-20/h1-18,27,31-32H. The molecule has 160 valence electrons. The van der Waals surface area contributed by atoms with Crippen LogP contribution >= 0.6 is 27.7 Å². The molecular formula is C29H21BrN2S. The van der Waals surface area contributed by atoms with Crippen LogP contribution in [0.15, 0.2) is 119 Å². The maximum absolute atomic E-state index is 3.72. The topological polar surface area (TPSA) is 27.8 Å². The third-order valence-corrected chi connectivity index (χ3v) is 7.74. The van der Waals surface area contributed by atoms with Gasteiger partial charge in [-0.25, -0.2) is 0 Å². The first kappa shape index (κ1) is 20.4. The Kier molecular flexibility index (Phi) is 5.33. The molecule has 1 aliphatic rings. The molecular weight excluding hydrogens is 488 g/mol. The summed E-state index contributed by atoms with van der Waals surface area (Å²) in [6.07, 6.45) is 2.37. The fourth-order valence-corrected chi connectivity index (χ4v) is 5.92. The van der Waals surface area contributed by atoms with Gasteiger partial charge in [0.25, 0.3) is 0 Å². The lowest BCUT2D eigenvalue weighted by Gasteiger charge is -2.15. The number of benzene rings is 4. The van der Waals surface area contributed by atoms with E-state index >= 15 is 0 Å². The predicted molar refractivity (Wildman–Crippen MR) is 145 cm³/mol. The number of aromatic nitrogens is 1. The summed E-state index contributed by atoms with van der Waals surface area (Å²) in [5, 5.41) is 5.10. The van der Waals surface area contributed by atoms with Gasteiger partial charge in [-0.1, -0.05) is 88.7 Å². The zero-order chi connectivity index (χ0) is 22.2. The van der Waals surface area contributed by atoms with Crippen molar-refractivity contribution in [1.82, 2.24) is 4.98 Å².